The van der Waals surface area contributed by atoms with Gasteiger partial charge in [-0.2, -0.15) is 5.26 Å². The van der Waals surface area contributed by atoms with Crippen molar-refractivity contribution in [3.05, 3.63) is 47.8 Å². The molecule has 0 radical (unpaired) electrons. The van der Waals surface area contributed by atoms with Crippen LogP contribution in [-0.2, 0) is 6.42 Å². The minimum Gasteiger partial charge on any atom is -0.387 e. The molecule has 0 saturated carbocycles. The zero-order chi connectivity index (χ0) is 12.5. The first-order valence-corrected chi connectivity index (χ1v) is 5.60. The van der Waals surface area contributed by atoms with Crippen molar-refractivity contribution in [2.75, 3.05) is 0 Å². The fourth-order valence-electron chi connectivity index (χ4n) is 2.54. The van der Waals surface area contributed by atoms with Gasteiger partial charge in [0.1, 0.15) is 5.82 Å². The molecule has 2 rings (SSSR count). The summed E-state index contributed by atoms with van der Waals surface area (Å²) in [5.74, 6) is -0.344. The van der Waals surface area contributed by atoms with Crippen molar-refractivity contribution in [3.8, 4) is 6.07 Å². The average molecular weight is 231 g/mol. The Hall–Kier alpha value is -1.66. The van der Waals surface area contributed by atoms with Crippen molar-refractivity contribution in [1.29, 1.82) is 5.26 Å². The van der Waals surface area contributed by atoms with Gasteiger partial charge in [0.05, 0.1) is 12.2 Å². The van der Waals surface area contributed by atoms with E-state index >= 15 is 0 Å². The van der Waals surface area contributed by atoms with Gasteiger partial charge in [-0.3, -0.25) is 0 Å². The van der Waals surface area contributed by atoms with E-state index in [1.165, 1.54) is 12.1 Å². The van der Waals surface area contributed by atoms with E-state index in [4.69, 9.17) is 5.26 Å². The molecule has 1 aromatic carbocycles. The number of halogens is 1. The van der Waals surface area contributed by atoms with Crippen molar-refractivity contribution in [1.82, 2.24) is 0 Å². The Labute approximate surface area is 100 Å². The summed E-state index contributed by atoms with van der Waals surface area (Å²) >= 11 is 0. The van der Waals surface area contributed by atoms with E-state index < -0.39 is 11.5 Å². The monoisotopic (exact) mass is 231 g/mol. The highest BCUT2D eigenvalue weighted by molar-refractivity contribution is 5.39. The van der Waals surface area contributed by atoms with E-state index in [2.05, 4.69) is 12.6 Å². The number of aliphatic hydroxyl groups is 1. The van der Waals surface area contributed by atoms with Crippen LogP contribution in [0.5, 0.6) is 0 Å². The maximum absolute atomic E-state index is 13.2. The van der Waals surface area contributed by atoms with Crippen molar-refractivity contribution in [3.63, 3.8) is 0 Å². The maximum Gasteiger partial charge on any atom is 0.123 e. The molecule has 0 spiro atoms. The molecule has 0 aromatic heterocycles. The second kappa shape index (κ2) is 4.31. The predicted octanol–water partition coefficient (Wildman–Crippen LogP) is 2.89. The molecule has 1 aromatic rings. The number of hydrogen-bond donors (Lipinski definition) is 1. The van der Waals surface area contributed by atoms with E-state index in [1.807, 2.05) is 0 Å². The lowest BCUT2D eigenvalue weighted by molar-refractivity contribution is 0.0687. The number of rotatable bonds is 3. The summed E-state index contributed by atoms with van der Waals surface area (Å²) in [6.45, 7) is 3.76. The number of nitrogens with zero attached hydrogens (tertiary/aromatic N) is 1. The number of aliphatic hydroxyl groups excluding tert-OH is 1. The zero-order valence-corrected chi connectivity index (χ0v) is 9.49. The van der Waals surface area contributed by atoms with Crippen LogP contribution in [0.2, 0.25) is 0 Å². The Kier molecular flexibility index (Phi) is 2.99. The molecular formula is C14H14FNO. The Balaban J connectivity index is 2.37. The van der Waals surface area contributed by atoms with Crippen LogP contribution < -0.4 is 0 Å². The molecule has 0 amide bonds. The van der Waals surface area contributed by atoms with Gasteiger partial charge in [0.15, 0.2) is 0 Å². The van der Waals surface area contributed by atoms with Crippen LogP contribution in [0.15, 0.2) is 30.9 Å². The van der Waals surface area contributed by atoms with Crippen LogP contribution in [0.3, 0.4) is 0 Å². The lowest BCUT2D eigenvalue weighted by atomic mass is 9.78. The highest BCUT2D eigenvalue weighted by atomic mass is 19.1. The number of fused-ring (bicyclic) bond motifs is 1. The van der Waals surface area contributed by atoms with Gasteiger partial charge in [0.2, 0.25) is 0 Å². The number of nitriles is 1. The third-order valence-corrected chi connectivity index (χ3v) is 3.58. The van der Waals surface area contributed by atoms with Gasteiger partial charge in [-0.15, -0.1) is 6.58 Å². The van der Waals surface area contributed by atoms with Crippen LogP contribution in [0.1, 0.15) is 30.1 Å². The second-order valence-electron chi connectivity index (χ2n) is 4.52. The van der Waals surface area contributed by atoms with Crippen molar-refractivity contribution >= 4 is 0 Å². The van der Waals surface area contributed by atoms with Crippen molar-refractivity contribution < 1.29 is 9.50 Å². The molecule has 3 heteroatoms. The highest BCUT2D eigenvalue weighted by Crippen LogP contribution is 2.49. The summed E-state index contributed by atoms with van der Waals surface area (Å²) in [4.78, 5) is 0. The fraction of sp³-hybridized carbons (Fsp3) is 0.357. The molecule has 0 heterocycles. The Morgan fingerprint density at radius 3 is 3.06 bits per heavy atom. The molecule has 17 heavy (non-hydrogen) atoms. The van der Waals surface area contributed by atoms with Crippen LogP contribution in [0.4, 0.5) is 4.39 Å². The van der Waals surface area contributed by atoms with Gasteiger partial charge < -0.3 is 5.11 Å². The smallest absolute Gasteiger partial charge is 0.123 e. The third kappa shape index (κ3) is 1.85. The first-order valence-electron chi connectivity index (χ1n) is 5.60. The van der Waals surface area contributed by atoms with E-state index in [0.717, 1.165) is 5.56 Å². The molecule has 0 saturated heterocycles. The van der Waals surface area contributed by atoms with Gasteiger partial charge in [-0.05, 0) is 36.1 Å². The molecule has 2 unspecified atom stereocenters. The molecule has 0 fully saturated rings. The molecular weight excluding hydrogens is 217 g/mol. The summed E-state index contributed by atoms with van der Waals surface area (Å²) in [7, 11) is 0. The van der Waals surface area contributed by atoms with Gasteiger partial charge in [0, 0.05) is 11.8 Å². The normalized spacial score (nSPS) is 26.3. The lowest BCUT2D eigenvalue weighted by Gasteiger charge is -2.28. The minimum absolute atomic E-state index is 0.344. The molecule has 0 aliphatic heterocycles. The maximum atomic E-state index is 13.2. The third-order valence-electron chi connectivity index (χ3n) is 3.58. The van der Waals surface area contributed by atoms with Gasteiger partial charge in [-0.25, -0.2) is 4.39 Å². The second-order valence-corrected chi connectivity index (χ2v) is 4.52. The highest BCUT2D eigenvalue weighted by Gasteiger charge is 2.42. The van der Waals surface area contributed by atoms with Crippen LogP contribution in [-0.4, -0.2) is 5.11 Å². The lowest BCUT2D eigenvalue weighted by Crippen LogP contribution is -2.23. The van der Waals surface area contributed by atoms with E-state index in [1.54, 1.807) is 12.1 Å². The zero-order valence-electron chi connectivity index (χ0n) is 9.49. The van der Waals surface area contributed by atoms with E-state index in [-0.39, 0.29) is 5.82 Å². The van der Waals surface area contributed by atoms with Crippen molar-refractivity contribution in [2.45, 2.75) is 25.4 Å². The first-order chi connectivity index (χ1) is 8.13. The fourth-order valence-corrected chi connectivity index (χ4v) is 2.54. The van der Waals surface area contributed by atoms with Gasteiger partial charge in [-0.1, -0.05) is 12.1 Å². The first kappa shape index (κ1) is 11.8. The minimum atomic E-state index is -0.765. The Morgan fingerprint density at radius 1 is 1.65 bits per heavy atom. The standard InChI is InChI=1S/C14H14FNO/c1-2-14(6-3-7-16)9-10-4-5-11(15)8-12(10)13(14)17/h2,4-5,8,13,17H,1,3,6,9H2. The molecule has 1 N–H and O–H groups in total. The Morgan fingerprint density at radius 2 is 2.41 bits per heavy atom. The summed E-state index contributed by atoms with van der Waals surface area (Å²) in [5.41, 5.74) is 1.05. The van der Waals surface area contributed by atoms with Crippen LogP contribution in [0.25, 0.3) is 0 Å². The largest absolute Gasteiger partial charge is 0.387 e. The topological polar surface area (TPSA) is 44.0 Å². The molecule has 1 aliphatic rings. The summed E-state index contributed by atoms with van der Waals surface area (Å²) < 4.78 is 13.2. The van der Waals surface area contributed by atoms with Crippen LogP contribution in [0, 0.1) is 22.6 Å². The van der Waals surface area contributed by atoms with Gasteiger partial charge >= 0.3 is 0 Å². The van der Waals surface area contributed by atoms with Crippen molar-refractivity contribution in [2.24, 2.45) is 5.41 Å². The molecule has 1 aliphatic carbocycles. The molecule has 0 bridgehead atoms. The van der Waals surface area contributed by atoms with E-state index in [9.17, 15) is 9.50 Å². The summed E-state index contributed by atoms with van der Waals surface area (Å²) in [6.07, 6.45) is 2.46. The van der Waals surface area contributed by atoms with E-state index in [0.29, 0.717) is 24.8 Å². The predicted molar refractivity (Wildman–Crippen MR) is 62.5 cm³/mol. The summed E-state index contributed by atoms with van der Waals surface area (Å²) in [6, 6.07) is 6.55. The quantitative estimate of drug-likeness (QED) is 0.813. The Bertz CT molecular complexity index is 491. The summed E-state index contributed by atoms with van der Waals surface area (Å²) in [5, 5.41) is 19.0. The molecule has 88 valence electrons. The number of benzene rings is 1. The van der Waals surface area contributed by atoms with Crippen LogP contribution >= 0.6 is 0 Å². The molecule has 2 atom stereocenters. The SMILES string of the molecule is C=CC1(CCC#N)Cc2ccc(F)cc2C1O. The average Bonchev–Trinajstić information content (AvgIpc) is 2.61. The number of hydrogen-bond acceptors (Lipinski definition) is 2. The molecule has 2 nitrogen and oxygen atoms in total. The van der Waals surface area contributed by atoms with Gasteiger partial charge in [0.25, 0.3) is 0 Å².